The molecule has 0 bridgehead atoms. The summed E-state index contributed by atoms with van der Waals surface area (Å²) in [6.45, 7) is 12.5. The Balaban J connectivity index is 2.85. The number of carboxylic acid groups (broad SMARTS) is 1. The van der Waals surface area contributed by atoms with E-state index in [9.17, 15) is 67.7 Å². The minimum atomic E-state index is -1.64. The van der Waals surface area contributed by atoms with Gasteiger partial charge in [0, 0.05) is 13.1 Å². The number of aliphatic carboxylic acids is 1. The Morgan fingerprint density at radius 1 is 0.605 bits per heavy atom. The van der Waals surface area contributed by atoms with Crippen molar-refractivity contribution in [2.24, 2.45) is 39.9 Å². The summed E-state index contributed by atoms with van der Waals surface area (Å²) in [6.07, 6.45) is 0.653. The lowest BCUT2D eigenvalue weighted by atomic mass is 9.97. The summed E-state index contributed by atoms with van der Waals surface area (Å²) in [4.78, 5) is 160. The van der Waals surface area contributed by atoms with Gasteiger partial charge in [-0.2, -0.15) is 0 Å². The SMILES string of the molecule is CC[C@H](C)[C@H](NC(=O)CNC(=O)[C@H](CC(C)C)NC(=O)[C@@H]1CCCN1C(=O)CN)C(=O)N[C@@H](C)C(=O)NCC(=O)N[C@H](C(=O)N[C@H](C(=O)NCC(=O)N[C@@H](C)C(=O)N[C@@H](CCCN=C(N)N)C(=O)O)[C@@H](C)O)[C@@H](C)CC. The number of nitrogens with two attached hydrogens (primary N) is 3. The average Bonchev–Trinajstić information content (AvgIpc) is 3.86. The summed E-state index contributed by atoms with van der Waals surface area (Å²) < 4.78 is 0. The van der Waals surface area contributed by atoms with Gasteiger partial charge in [-0.15, -0.1) is 0 Å². The zero-order chi connectivity index (χ0) is 58.0. The summed E-state index contributed by atoms with van der Waals surface area (Å²) in [7, 11) is 0. The Morgan fingerprint density at radius 3 is 1.59 bits per heavy atom. The molecule has 11 atom stereocenters. The molecule has 0 radical (unpaired) electrons. The molecule has 1 saturated heterocycles. The van der Waals surface area contributed by atoms with E-state index >= 15 is 0 Å². The van der Waals surface area contributed by atoms with Crippen molar-refractivity contribution in [1.29, 1.82) is 0 Å². The number of aliphatic imine (C=N–C) groups is 1. The van der Waals surface area contributed by atoms with Crippen LogP contribution in [-0.2, 0) is 57.5 Å². The molecule has 1 aliphatic rings. The largest absolute Gasteiger partial charge is 0.480 e. The van der Waals surface area contributed by atoms with Crippen molar-refractivity contribution in [3.05, 3.63) is 0 Å². The van der Waals surface area contributed by atoms with E-state index in [1.807, 2.05) is 13.8 Å². The first kappa shape index (κ1) is 66.8. The Morgan fingerprint density at radius 2 is 1.11 bits per heavy atom. The highest BCUT2D eigenvalue weighted by Gasteiger charge is 2.37. The highest BCUT2D eigenvalue weighted by Crippen LogP contribution is 2.18. The molecule has 1 fully saturated rings. The molecule has 430 valence electrons. The van der Waals surface area contributed by atoms with Crippen molar-refractivity contribution in [3.63, 3.8) is 0 Å². The number of carbonyl (C=O) groups is 12. The molecule has 18 N–H and O–H groups in total. The molecule has 0 aromatic heterocycles. The summed E-state index contributed by atoms with van der Waals surface area (Å²) in [5, 5.41) is 44.3. The van der Waals surface area contributed by atoms with Gasteiger partial charge in [0.05, 0.1) is 32.3 Å². The lowest BCUT2D eigenvalue weighted by Gasteiger charge is -2.28. The zero-order valence-electron chi connectivity index (χ0n) is 45.0. The number of carbonyl (C=O) groups excluding carboxylic acids is 11. The number of likely N-dealkylation sites (tertiary alicyclic amines) is 1. The molecular weight excluding hydrogens is 999 g/mol. The molecule has 0 saturated carbocycles. The van der Waals surface area contributed by atoms with E-state index < -0.39 is 151 Å². The fraction of sp³-hybridized carbons (Fsp3) is 0.723. The van der Waals surface area contributed by atoms with E-state index in [4.69, 9.17) is 17.2 Å². The highest BCUT2D eigenvalue weighted by molar-refractivity contribution is 5.98. The van der Waals surface area contributed by atoms with Crippen LogP contribution in [0.5, 0.6) is 0 Å². The zero-order valence-corrected chi connectivity index (χ0v) is 45.0. The molecule has 29 heteroatoms. The van der Waals surface area contributed by atoms with Gasteiger partial charge in [-0.1, -0.05) is 54.4 Å². The molecule has 29 nitrogen and oxygen atoms in total. The van der Waals surface area contributed by atoms with Gasteiger partial charge in [0.15, 0.2) is 5.96 Å². The van der Waals surface area contributed by atoms with Gasteiger partial charge in [0.1, 0.15) is 48.3 Å². The van der Waals surface area contributed by atoms with Crippen molar-refractivity contribution in [1.82, 2.24) is 58.1 Å². The number of hydrogen-bond donors (Lipinski definition) is 15. The normalized spacial score (nSPS) is 16.9. The van der Waals surface area contributed by atoms with Crippen molar-refractivity contribution >= 4 is 76.9 Å². The molecule has 1 aliphatic heterocycles. The van der Waals surface area contributed by atoms with Gasteiger partial charge in [-0.25, -0.2) is 4.79 Å². The third-order valence-electron chi connectivity index (χ3n) is 12.4. The monoisotopic (exact) mass is 1080 g/mol. The van der Waals surface area contributed by atoms with E-state index in [1.165, 1.54) is 25.7 Å². The number of aliphatic hydroxyl groups is 1. The number of aliphatic hydroxyl groups excluding tert-OH is 1. The average molecular weight is 1080 g/mol. The van der Waals surface area contributed by atoms with Crippen LogP contribution in [0.4, 0.5) is 0 Å². The van der Waals surface area contributed by atoms with Crippen LogP contribution in [0.25, 0.3) is 0 Å². The van der Waals surface area contributed by atoms with Crippen molar-refractivity contribution in [3.8, 4) is 0 Å². The molecule has 76 heavy (non-hydrogen) atoms. The maximum Gasteiger partial charge on any atom is 0.326 e. The number of hydrogen-bond acceptors (Lipinski definition) is 15. The second-order valence-electron chi connectivity index (χ2n) is 19.2. The van der Waals surface area contributed by atoms with Crippen LogP contribution in [0.3, 0.4) is 0 Å². The van der Waals surface area contributed by atoms with Crippen molar-refractivity contribution in [2.75, 3.05) is 39.3 Å². The molecule has 0 aromatic carbocycles. The maximum absolute atomic E-state index is 13.5. The minimum absolute atomic E-state index is 0.0201. The van der Waals surface area contributed by atoms with Crippen LogP contribution in [0.15, 0.2) is 4.99 Å². The quantitative estimate of drug-likeness (QED) is 0.0166. The molecule has 0 unspecified atom stereocenters. The van der Waals surface area contributed by atoms with Crippen molar-refractivity contribution < 1.29 is 67.7 Å². The topological polar surface area (TPSA) is 459 Å². The van der Waals surface area contributed by atoms with Crippen LogP contribution in [0, 0.1) is 17.8 Å². The summed E-state index contributed by atoms with van der Waals surface area (Å²) in [5.74, 6) is -10.9. The van der Waals surface area contributed by atoms with Crippen LogP contribution in [-0.4, -0.2) is 186 Å². The lowest BCUT2D eigenvalue weighted by molar-refractivity contribution is -0.142. The second-order valence-corrected chi connectivity index (χ2v) is 19.2. The Labute approximate surface area is 442 Å². The van der Waals surface area contributed by atoms with E-state index in [0.29, 0.717) is 32.2 Å². The third-order valence-corrected chi connectivity index (χ3v) is 12.4. The Bertz CT molecular complexity index is 2070. The first-order valence-electron chi connectivity index (χ1n) is 25.5. The van der Waals surface area contributed by atoms with Crippen LogP contribution < -0.4 is 70.4 Å². The van der Waals surface area contributed by atoms with Gasteiger partial charge in [-0.3, -0.25) is 57.7 Å². The van der Waals surface area contributed by atoms with Gasteiger partial charge >= 0.3 is 5.97 Å². The summed E-state index contributed by atoms with van der Waals surface area (Å²) in [6, 6.07) is -9.74. The fourth-order valence-corrected chi connectivity index (χ4v) is 7.60. The first-order valence-corrected chi connectivity index (χ1v) is 25.5. The highest BCUT2D eigenvalue weighted by atomic mass is 16.4. The molecule has 0 spiro atoms. The van der Waals surface area contributed by atoms with E-state index in [2.05, 4.69) is 58.2 Å². The third kappa shape index (κ3) is 23.6. The van der Waals surface area contributed by atoms with Gasteiger partial charge in [0.2, 0.25) is 65.0 Å². The van der Waals surface area contributed by atoms with Crippen molar-refractivity contribution in [2.45, 2.75) is 162 Å². The smallest absolute Gasteiger partial charge is 0.326 e. The molecule has 11 amide bonds. The Hall–Kier alpha value is -7.17. The molecule has 1 rings (SSSR count). The number of nitrogens with one attached hydrogen (secondary N) is 10. The van der Waals surface area contributed by atoms with Gasteiger partial charge < -0.3 is 85.5 Å². The number of carboxylic acids is 1. The minimum Gasteiger partial charge on any atom is -0.480 e. The lowest BCUT2D eigenvalue weighted by Crippen LogP contribution is -2.60. The number of amides is 11. The fourth-order valence-electron chi connectivity index (χ4n) is 7.60. The summed E-state index contributed by atoms with van der Waals surface area (Å²) >= 11 is 0. The molecule has 0 aromatic rings. The molecule has 1 heterocycles. The second kappa shape index (κ2) is 33.7. The van der Waals surface area contributed by atoms with E-state index in [-0.39, 0.29) is 50.1 Å². The predicted molar refractivity (Wildman–Crippen MR) is 275 cm³/mol. The van der Waals surface area contributed by atoms with Crippen LogP contribution >= 0.6 is 0 Å². The van der Waals surface area contributed by atoms with Gasteiger partial charge in [0.25, 0.3) is 0 Å². The van der Waals surface area contributed by atoms with E-state index in [1.54, 1.807) is 27.7 Å². The van der Waals surface area contributed by atoms with Crippen LogP contribution in [0.1, 0.15) is 107 Å². The Kier molecular flexibility index (Phi) is 29.6. The molecule has 0 aliphatic carbocycles. The first-order chi connectivity index (χ1) is 35.6. The van der Waals surface area contributed by atoms with Crippen LogP contribution in [0.2, 0.25) is 0 Å². The molecular formula is C47H83N15O14. The predicted octanol–water partition coefficient (Wildman–Crippen LogP) is -5.62. The van der Waals surface area contributed by atoms with Gasteiger partial charge in [-0.05, 0) is 70.6 Å². The number of nitrogens with zero attached hydrogens (tertiary/aromatic N) is 2. The number of rotatable bonds is 33. The summed E-state index contributed by atoms with van der Waals surface area (Å²) in [5.41, 5.74) is 16.0. The van der Waals surface area contributed by atoms with E-state index in [0.717, 1.165) is 0 Å². The number of guanidine groups is 1. The maximum atomic E-state index is 13.5. The standard InChI is InChI=1S/C47H83N15O14/c1-10-24(5)36(59-34(66)22-53-41(70)30(18-23(3)4)58-42(71)31-15-13-17-62(31)35(67)19-48)44(73)56-26(7)39(68)52-21-33(65)60-37(25(6)11-2)45(74)61-38(28(9)63)43(72)54-20-32(64)55-27(8)40(69)57-29(46(75)76)14-12-16-51-47(49)50/h23-31,36-38,63H,10-22,48H2,1-9H3,(H,52,68)(H,53,70)(H,54,72)(H,55,64)(H,56,73)(H,57,69)(H,58,71)(H,59,66)(H,60,65)(H,61,74)(H,75,76)(H4,49,50,51)/t24-,25-,26-,27-,28+,29-,30-,31-,36-,37-,38-/m0/s1.